The van der Waals surface area contributed by atoms with Crippen LogP contribution in [0.2, 0.25) is 0 Å². The van der Waals surface area contributed by atoms with E-state index in [1.54, 1.807) is 7.11 Å². The lowest BCUT2D eigenvalue weighted by molar-refractivity contribution is 0.301. The molecule has 0 heterocycles. The Morgan fingerprint density at radius 2 is 1.79 bits per heavy atom. The van der Waals surface area contributed by atoms with Gasteiger partial charge in [-0.3, -0.25) is 0 Å². The highest BCUT2D eigenvalue weighted by Crippen LogP contribution is 2.27. The van der Waals surface area contributed by atoms with E-state index in [-0.39, 0.29) is 0 Å². The molecule has 100 valence electrons. The molecule has 0 aliphatic rings. The minimum absolute atomic E-state index is 0.563. The quantitative estimate of drug-likeness (QED) is 0.756. The molecule has 2 nitrogen and oxygen atoms in total. The predicted molar refractivity (Wildman–Crippen MR) is 81.1 cm³/mol. The lowest BCUT2D eigenvalue weighted by atomic mass is 10.1. The van der Waals surface area contributed by atoms with E-state index in [2.05, 4.69) is 47.1 Å². The third-order valence-electron chi connectivity index (χ3n) is 2.93. The van der Waals surface area contributed by atoms with E-state index in [0.29, 0.717) is 6.61 Å². The van der Waals surface area contributed by atoms with E-state index in [4.69, 9.17) is 9.47 Å². The first kappa shape index (κ1) is 13.9. The van der Waals surface area contributed by atoms with Gasteiger partial charge in [0.1, 0.15) is 18.1 Å². The first-order valence-electron chi connectivity index (χ1n) is 6.14. The van der Waals surface area contributed by atoms with Crippen LogP contribution >= 0.6 is 15.9 Å². The zero-order valence-electron chi connectivity index (χ0n) is 11.2. The molecule has 0 aromatic heterocycles. The average Bonchev–Trinajstić information content (AvgIpc) is 2.46. The summed E-state index contributed by atoms with van der Waals surface area (Å²) in [5.74, 6) is 1.67. The van der Waals surface area contributed by atoms with Crippen LogP contribution in [0.15, 0.2) is 42.5 Å². The molecule has 3 heteroatoms. The second-order valence-corrected chi connectivity index (χ2v) is 4.94. The second kappa shape index (κ2) is 6.62. The molecule has 19 heavy (non-hydrogen) atoms. The van der Waals surface area contributed by atoms with Crippen LogP contribution in [0.25, 0.3) is 0 Å². The van der Waals surface area contributed by atoms with Gasteiger partial charge in [0.05, 0.1) is 7.11 Å². The summed E-state index contributed by atoms with van der Waals surface area (Å²) in [7, 11) is 1.66. The number of hydrogen-bond donors (Lipinski definition) is 0. The summed E-state index contributed by atoms with van der Waals surface area (Å²) in [4.78, 5) is 0. The van der Waals surface area contributed by atoms with Crippen molar-refractivity contribution in [3.63, 3.8) is 0 Å². The molecule has 2 aromatic carbocycles. The topological polar surface area (TPSA) is 18.5 Å². The second-order valence-electron chi connectivity index (χ2n) is 4.38. The average molecular weight is 321 g/mol. The molecule has 0 bridgehead atoms. The first-order valence-corrected chi connectivity index (χ1v) is 7.26. The minimum Gasteiger partial charge on any atom is -0.497 e. The van der Waals surface area contributed by atoms with Crippen LogP contribution < -0.4 is 9.47 Å². The van der Waals surface area contributed by atoms with Crippen molar-refractivity contribution in [3.05, 3.63) is 59.2 Å². The van der Waals surface area contributed by atoms with Crippen molar-refractivity contribution in [1.82, 2.24) is 0 Å². The number of rotatable bonds is 5. The van der Waals surface area contributed by atoms with Crippen LogP contribution in [0, 0.1) is 6.92 Å². The summed E-state index contributed by atoms with van der Waals surface area (Å²) in [5, 5.41) is 0.764. The molecule has 0 spiro atoms. The zero-order valence-corrected chi connectivity index (χ0v) is 12.7. The van der Waals surface area contributed by atoms with Gasteiger partial charge in [0.15, 0.2) is 0 Å². The number of alkyl halides is 1. The van der Waals surface area contributed by atoms with Crippen molar-refractivity contribution in [1.29, 1.82) is 0 Å². The SMILES string of the molecule is COc1ccc(CBr)c(OCc2ccc(C)cc2)c1. The van der Waals surface area contributed by atoms with Gasteiger partial charge < -0.3 is 9.47 Å². The van der Waals surface area contributed by atoms with Gasteiger partial charge in [0.25, 0.3) is 0 Å². The number of aryl methyl sites for hydroxylation is 1. The summed E-state index contributed by atoms with van der Waals surface area (Å²) >= 11 is 3.47. The highest BCUT2D eigenvalue weighted by Gasteiger charge is 2.05. The van der Waals surface area contributed by atoms with Gasteiger partial charge in [-0.15, -0.1) is 0 Å². The number of methoxy groups -OCH3 is 1. The predicted octanol–water partition coefficient (Wildman–Crippen LogP) is 4.48. The fourth-order valence-electron chi connectivity index (χ4n) is 1.75. The summed E-state index contributed by atoms with van der Waals surface area (Å²) in [6.45, 7) is 2.64. The monoisotopic (exact) mass is 320 g/mol. The highest BCUT2D eigenvalue weighted by molar-refractivity contribution is 9.08. The van der Waals surface area contributed by atoms with Gasteiger partial charge in [-0.25, -0.2) is 0 Å². The molecule has 0 saturated heterocycles. The van der Waals surface area contributed by atoms with E-state index < -0.39 is 0 Å². The molecule has 2 aromatic rings. The maximum Gasteiger partial charge on any atom is 0.127 e. The van der Waals surface area contributed by atoms with Gasteiger partial charge >= 0.3 is 0 Å². The third kappa shape index (κ3) is 3.74. The van der Waals surface area contributed by atoms with Crippen molar-refractivity contribution in [2.45, 2.75) is 18.9 Å². The summed E-state index contributed by atoms with van der Waals surface area (Å²) in [6.07, 6.45) is 0. The van der Waals surface area contributed by atoms with E-state index in [1.807, 2.05) is 18.2 Å². The van der Waals surface area contributed by atoms with Crippen LogP contribution in [0.1, 0.15) is 16.7 Å². The van der Waals surface area contributed by atoms with Crippen LogP contribution in [0.4, 0.5) is 0 Å². The fraction of sp³-hybridized carbons (Fsp3) is 0.250. The van der Waals surface area contributed by atoms with Gasteiger partial charge in [-0.2, -0.15) is 0 Å². The summed E-state index contributed by atoms with van der Waals surface area (Å²) in [5.41, 5.74) is 3.54. The fourth-order valence-corrected chi connectivity index (χ4v) is 2.22. The normalized spacial score (nSPS) is 10.3. The van der Waals surface area contributed by atoms with Crippen LogP contribution in [-0.2, 0) is 11.9 Å². The maximum absolute atomic E-state index is 5.89. The Morgan fingerprint density at radius 1 is 1.05 bits per heavy atom. The Labute approximate surface area is 122 Å². The van der Waals surface area contributed by atoms with Crippen LogP contribution in [0.3, 0.4) is 0 Å². The van der Waals surface area contributed by atoms with E-state index in [9.17, 15) is 0 Å². The zero-order chi connectivity index (χ0) is 13.7. The molecular formula is C16H17BrO2. The summed E-state index contributed by atoms with van der Waals surface area (Å²) in [6, 6.07) is 14.2. The Morgan fingerprint density at radius 3 is 2.42 bits per heavy atom. The van der Waals surface area contributed by atoms with Gasteiger partial charge in [0, 0.05) is 17.0 Å². The first-order chi connectivity index (χ1) is 9.22. The Balaban J connectivity index is 2.11. The van der Waals surface area contributed by atoms with Crippen molar-refractivity contribution < 1.29 is 9.47 Å². The van der Waals surface area contributed by atoms with Crippen molar-refractivity contribution in [3.8, 4) is 11.5 Å². The molecule has 0 amide bonds. The molecule has 0 radical (unpaired) electrons. The standard InChI is InChI=1S/C16H17BrO2/c1-12-3-5-13(6-4-12)11-19-16-9-15(18-2)8-7-14(16)10-17/h3-9H,10-11H2,1-2H3. The Bertz CT molecular complexity index is 535. The third-order valence-corrected chi connectivity index (χ3v) is 3.54. The lowest BCUT2D eigenvalue weighted by Gasteiger charge is -2.12. The largest absolute Gasteiger partial charge is 0.497 e. The molecule has 0 N–H and O–H groups in total. The number of hydrogen-bond acceptors (Lipinski definition) is 2. The molecule has 0 aliphatic carbocycles. The maximum atomic E-state index is 5.89. The molecular weight excluding hydrogens is 304 g/mol. The molecule has 0 unspecified atom stereocenters. The number of ether oxygens (including phenoxy) is 2. The molecule has 2 rings (SSSR count). The van der Waals surface area contributed by atoms with E-state index >= 15 is 0 Å². The highest BCUT2D eigenvalue weighted by atomic mass is 79.9. The molecule has 0 atom stereocenters. The van der Waals surface area contributed by atoms with Gasteiger partial charge in [-0.1, -0.05) is 51.8 Å². The lowest BCUT2D eigenvalue weighted by Crippen LogP contribution is -1.98. The van der Waals surface area contributed by atoms with Crippen LogP contribution in [-0.4, -0.2) is 7.11 Å². The smallest absolute Gasteiger partial charge is 0.127 e. The van der Waals surface area contributed by atoms with Gasteiger partial charge in [-0.05, 0) is 18.6 Å². The van der Waals surface area contributed by atoms with Crippen LogP contribution in [0.5, 0.6) is 11.5 Å². The Hall–Kier alpha value is -1.48. The summed E-state index contributed by atoms with van der Waals surface area (Å²) < 4.78 is 11.1. The number of halogens is 1. The number of benzene rings is 2. The van der Waals surface area contributed by atoms with Crippen molar-refractivity contribution in [2.24, 2.45) is 0 Å². The minimum atomic E-state index is 0.563. The van der Waals surface area contributed by atoms with Gasteiger partial charge in [0.2, 0.25) is 0 Å². The van der Waals surface area contributed by atoms with Crippen molar-refractivity contribution >= 4 is 15.9 Å². The Kier molecular flexibility index (Phi) is 4.86. The van der Waals surface area contributed by atoms with E-state index in [1.165, 1.54) is 5.56 Å². The molecule has 0 saturated carbocycles. The van der Waals surface area contributed by atoms with E-state index in [0.717, 1.165) is 28.0 Å². The molecule has 0 aliphatic heterocycles. The van der Waals surface area contributed by atoms with Crippen molar-refractivity contribution in [2.75, 3.05) is 7.11 Å². The molecule has 0 fully saturated rings.